The van der Waals surface area contributed by atoms with Crippen LogP contribution in [0.15, 0.2) is 30.5 Å². The number of sulfonamides is 1. The summed E-state index contributed by atoms with van der Waals surface area (Å²) in [6.45, 7) is 1.81. The van der Waals surface area contributed by atoms with Crippen molar-refractivity contribution in [3.8, 4) is 0 Å². The van der Waals surface area contributed by atoms with E-state index in [0.717, 1.165) is 0 Å². The van der Waals surface area contributed by atoms with Crippen molar-refractivity contribution in [2.75, 3.05) is 12.3 Å². The van der Waals surface area contributed by atoms with Gasteiger partial charge in [-0.2, -0.15) is 4.98 Å². The molecule has 0 atom stereocenters. The number of nitrogens with one attached hydrogen (secondary N) is 1. The minimum absolute atomic E-state index is 0.00925. The predicted molar refractivity (Wildman–Crippen MR) is 84.2 cm³/mol. The molecule has 0 unspecified atom stereocenters. The van der Waals surface area contributed by atoms with Crippen LogP contribution in [0, 0.1) is 6.92 Å². The lowest BCUT2D eigenvalue weighted by Gasteiger charge is -2.11. The molecule has 0 bridgehead atoms. The first-order valence-electron chi connectivity index (χ1n) is 5.83. The monoisotopic (exact) mass is 438 g/mol. The molecule has 10 heteroatoms. The Morgan fingerprint density at radius 1 is 1.38 bits per heavy atom. The fourth-order valence-corrected chi connectivity index (χ4v) is 4.77. The maximum absolute atomic E-state index is 12.3. The topological polar surface area (TPSA) is 111 Å². The lowest BCUT2D eigenvalue weighted by molar-refractivity contribution is 0.387. The van der Waals surface area contributed by atoms with E-state index in [1.54, 1.807) is 13.0 Å². The third-order valence-corrected chi connectivity index (χ3v) is 5.44. The molecule has 0 fully saturated rings. The first-order chi connectivity index (χ1) is 9.79. The van der Waals surface area contributed by atoms with E-state index in [4.69, 9.17) is 10.3 Å². The summed E-state index contributed by atoms with van der Waals surface area (Å²) in [5.74, 6) is 0.880. The van der Waals surface area contributed by atoms with E-state index >= 15 is 0 Å². The number of nitrogen functional groups attached to an aromatic ring is 1. The molecule has 0 aliphatic heterocycles. The summed E-state index contributed by atoms with van der Waals surface area (Å²) < 4.78 is 32.9. The fourth-order valence-electron chi connectivity index (χ4n) is 1.68. The van der Waals surface area contributed by atoms with Gasteiger partial charge in [0.1, 0.15) is 4.90 Å². The minimum Gasteiger partial charge on any atom is -0.398 e. The Labute approximate surface area is 138 Å². The van der Waals surface area contributed by atoms with Crippen LogP contribution in [0.5, 0.6) is 0 Å². The van der Waals surface area contributed by atoms with E-state index in [1.165, 1.54) is 6.07 Å². The number of nitrogens with zero attached hydrogens (tertiary/aromatic N) is 2. The van der Waals surface area contributed by atoms with Crippen LogP contribution in [-0.2, 0) is 16.4 Å². The van der Waals surface area contributed by atoms with Crippen LogP contribution in [0.25, 0.3) is 0 Å². The van der Waals surface area contributed by atoms with E-state index in [2.05, 4.69) is 46.7 Å². The number of benzene rings is 1. The van der Waals surface area contributed by atoms with Gasteiger partial charge in [-0.1, -0.05) is 21.1 Å². The van der Waals surface area contributed by atoms with Gasteiger partial charge in [0.2, 0.25) is 15.9 Å². The molecule has 21 heavy (non-hydrogen) atoms. The Morgan fingerprint density at radius 2 is 2.10 bits per heavy atom. The number of aryl methyl sites for hydroxylation is 1. The Bertz CT molecular complexity index is 738. The van der Waals surface area contributed by atoms with E-state index in [-0.39, 0.29) is 17.1 Å². The molecule has 0 aliphatic rings. The van der Waals surface area contributed by atoms with Gasteiger partial charge in [0.05, 0.1) is 5.69 Å². The van der Waals surface area contributed by atoms with Gasteiger partial charge in [0.25, 0.3) is 0 Å². The lowest BCUT2D eigenvalue weighted by Crippen LogP contribution is -2.27. The van der Waals surface area contributed by atoms with Gasteiger partial charge in [-0.25, -0.2) is 13.1 Å². The quantitative estimate of drug-likeness (QED) is 0.689. The van der Waals surface area contributed by atoms with Crippen molar-refractivity contribution in [3.63, 3.8) is 0 Å². The van der Waals surface area contributed by atoms with Crippen LogP contribution in [0.4, 0.5) is 5.69 Å². The number of halogens is 2. The van der Waals surface area contributed by atoms with Crippen molar-refractivity contribution in [2.24, 2.45) is 0 Å². The van der Waals surface area contributed by atoms with Crippen LogP contribution in [0.2, 0.25) is 0 Å². The number of hydrogen-bond donors (Lipinski definition) is 2. The van der Waals surface area contributed by atoms with E-state index in [1.807, 2.05) is 0 Å². The second-order valence-electron chi connectivity index (χ2n) is 4.18. The first kappa shape index (κ1) is 16.4. The number of anilines is 1. The molecule has 114 valence electrons. The van der Waals surface area contributed by atoms with Crippen LogP contribution < -0.4 is 10.5 Å². The number of aromatic nitrogens is 2. The van der Waals surface area contributed by atoms with Gasteiger partial charge in [-0.15, -0.1) is 0 Å². The molecule has 0 saturated carbocycles. The highest BCUT2D eigenvalue weighted by Gasteiger charge is 2.21. The Morgan fingerprint density at radius 3 is 2.67 bits per heavy atom. The first-order valence-corrected chi connectivity index (χ1v) is 8.90. The molecule has 0 radical (unpaired) electrons. The van der Waals surface area contributed by atoms with Crippen LogP contribution in [0.1, 0.15) is 11.7 Å². The van der Waals surface area contributed by atoms with Crippen molar-refractivity contribution in [1.82, 2.24) is 14.9 Å². The van der Waals surface area contributed by atoms with Crippen molar-refractivity contribution >= 4 is 47.6 Å². The molecular formula is C11H12Br2N4O3S. The molecular weight excluding hydrogens is 428 g/mol. The second-order valence-corrected chi connectivity index (χ2v) is 7.66. The van der Waals surface area contributed by atoms with Gasteiger partial charge < -0.3 is 10.3 Å². The Hall–Kier alpha value is -0.970. The third-order valence-electron chi connectivity index (χ3n) is 2.52. The second kappa shape index (κ2) is 6.42. The van der Waals surface area contributed by atoms with Gasteiger partial charge in [0, 0.05) is 28.8 Å². The average Bonchev–Trinajstić information content (AvgIpc) is 2.72. The highest BCUT2D eigenvalue weighted by Crippen LogP contribution is 2.31. The van der Waals surface area contributed by atoms with Crippen LogP contribution in [0.3, 0.4) is 0 Å². The number of nitrogens with two attached hydrogens (primary N) is 1. The summed E-state index contributed by atoms with van der Waals surface area (Å²) in [7, 11) is -3.73. The summed E-state index contributed by atoms with van der Waals surface area (Å²) in [4.78, 5) is 4.01. The SMILES string of the molecule is Cc1nc(CCNS(=O)(=O)c2c(N)cc(Br)cc2Br)no1. The summed E-state index contributed by atoms with van der Waals surface area (Å²) in [5.41, 5.74) is 5.93. The summed E-state index contributed by atoms with van der Waals surface area (Å²) in [5, 5.41) is 3.69. The predicted octanol–water partition coefficient (Wildman–Crippen LogP) is 2.01. The third kappa shape index (κ3) is 4.02. The summed E-state index contributed by atoms with van der Waals surface area (Å²) >= 11 is 6.45. The van der Waals surface area contributed by atoms with Gasteiger partial charge in [-0.05, 0) is 28.1 Å². The highest BCUT2D eigenvalue weighted by molar-refractivity contribution is 9.11. The van der Waals surface area contributed by atoms with E-state index in [0.29, 0.717) is 27.1 Å². The van der Waals surface area contributed by atoms with Crippen molar-refractivity contribution in [1.29, 1.82) is 0 Å². The van der Waals surface area contributed by atoms with Gasteiger partial charge in [-0.3, -0.25) is 0 Å². The maximum atomic E-state index is 12.3. The molecule has 0 amide bonds. The Kier molecular flexibility index (Phi) is 5.02. The normalized spacial score (nSPS) is 11.8. The molecule has 1 aromatic carbocycles. The molecule has 7 nitrogen and oxygen atoms in total. The molecule has 0 saturated heterocycles. The van der Waals surface area contributed by atoms with Gasteiger partial charge >= 0.3 is 0 Å². The zero-order valence-electron chi connectivity index (χ0n) is 10.9. The zero-order chi connectivity index (χ0) is 15.6. The fraction of sp³-hybridized carbons (Fsp3) is 0.273. The molecule has 2 aromatic rings. The standard InChI is InChI=1S/C11H12Br2N4O3S/c1-6-16-10(17-20-6)2-3-15-21(18,19)11-8(13)4-7(12)5-9(11)14/h4-5,15H,2-3,14H2,1H3. The Balaban J connectivity index is 2.12. The van der Waals surface area contributed by atoms with E-state index in [9.17, 15) is 8.42 Å². The molecule has 0 spiro atoms. The summed E-state index contributed by atoms with van der Waals surface area (Å²) in [6.07, 6.45) is 0.324. The van der Waals surface area contributed by atoms with Crippen LogP contribution >= 0.6 is 31.9 Å². The molecule has 0 aliphatic carbocycles. The molecule has 3 N–H and O–H groups in total. The zero-order valence-corrected chi connectivity index (χ0v) is 14.9. The van der Waals surface area contributed by atoms with Crippen molar-refractivity contribution in [2.45, 2.75) is 18.2 Å². The smallest absolute Gasteiger partial charge is 0.243 e. The highest BCUT2D eigenvalue weighted by atomic mass is 79.9. The van der Waals surface area contributed by atoms with Crippen molar-refractivity contribution in [3.05, 3.63) is 32.8 Å². The molecule has 2 rings (SSSR count). The lowest BCUT2D eigenvalue weighted by atomic mass is 10.3. The largest absolute Gasteiger partial charge is 0.398 e. The number of rotatable bonds is 5. The maximum Gasteiger partial charge on any atom is 0.243 e. The van der Waals surface area contributed by atoms with E-state index < -0.39 is 10.0 Å². The molecule has 1 heterocycles. The van der Waals surface area contributed by atoms with Gasteiger partial charge in [0.15, 0.2) is 5.82 Å². The van der Waals surface area contributed by atoms with Crippen LogP contribution in [-0.4, -0.2) is 25.1 Å². The minimum atomic E-state index is -3.73. The molecule has 1 aromatic heterocycles. The number of hydrogen-bond acceptors (Lipinski definition) is 6. The summed E-state index contributed by atoms with van der Waals surface area (Å²) in [6, 6.07) is 3.15. The van der Waals surface area contributed by atoms with Crippen molar-refractivity contribution < 1.29 is 12.9 Å². The average molecular weight is 440 g/mol.